The lowest BCUT2D eigenvalue weighted by Crippen LogP contribution is -2.57. The summed E-state index contributed by atoms with van der Waals surface area (Å²) >= 11 is 0. The molecular weight excluding hydrogens is 438 g/mol. The Morgan fingerprint density at radius 3 is 2.56 bits per heavy atom. The van der Waals surface area contributed by atoms with Crippen LogP contribution >= 0.6 is 0 Å². The number of rotatable bonds is 9. The van der Waals surface area contributed by atoms with Gasteiger partial charge in [-0.2, -0.15) is 0 Å². The topological polar surface area (TPSA) is 158 Å². The maximum atomic E-state index is 13.2. The zero-order valence-electron chi connectivity index (χ0n) is 19.7. The number of H-pyrrole nitrogens is 1. The number of nitrogens with zero attached hydrogens (tertiary/aromatic N) is 1. The zero-order valence-corrected chi connectivity index (χ0v) is 19.7. The lowest BCUT2D eigenvalue weighted by atomic mass is 10.0. The molecule has 6 N–H and O–H groups in total. The van der Waals surface area contributed by atoms with E-state index in [1.807, 2.05) is 38.1 Å². The maximum Gasteiger partial charge on any atom is 0.325 e. The summed E-state index contributed by atoms with van der Waals surface area (Å²) in [5.74, 6) is -2.60. The van der Waals surface area contributed by atoms with Gasteiger partial charge >= 0.3 is 5.97 Å². The van der Waals surface area contributed by atoms with Crippen molar-refractivity contribution < 1.29 is 24.3 Å². The number of nitrogens with one attached hydrogen (secondary N) is 3. The molecule has 4 unspecified atom stereocenters. The highest BCUT2D eigenvalue weighted by atomic mass is 16.4. The number of benzene rings is 1. The Hall–Kier alpha value is -3.40. The number of para-hydroxylation sites is 1. The van der Waals surface area contributed by atoms with Crippen LogP contribution < -0.4 is 16.4 Å². The van der Waals surface area contributed by atoms with Crippen LogP contribution in [-0.2, 0) is 25.6 Å². The summed E-state index contributed by atoms with van der Waals surface area (Å²) in [6, 6.07) is 3.98. The van der Waals surface area contributed by atoms with Gasteiger partial charge in [0.15, 0.2) is 0 Å². The predicted octanol–water partition coefficient (Wildman–Crippen LogP) is 0.759. The van der Waals surface area contributed by atoms with Crippen molar-refractivity contribution >= 4 is 34.6 Å². The normalized spacial score (nSPS) is 18.5. The molecule has 1 saturated heterocycles. The molecule has 10 heteroatoms. The first-order valence-corrected chi connectivity index (χ1v) is 11.5. The van der Waals surface area contributed by atoms with Crippen LogP contribution in [0.1, 0.15) is 39.2 Å². The first-order chi connectivity index (χ1) is 16.1. The molecule has 0 spiro atoms. The van der Waals surface area contributed by atoms with E-state index in [0.29, 0.717) is 19.4 Å². The van der Waals surface area contributed by atoms with Crippen molar-refractivity contribution in [3.05, 3.63) is 36.0 Å². The number of carboxylic acid groups (broad SMARTS) is 1. The monoisotopic (exact) mass is 471 g/mol. The highest BCUT2D eigenvalue weighted by Crippen LogP contribution is 2.22. The average molecular weight is 472 g/mol. The van der Waals surface area contributed by atoms with E-state index in [-0.39, 0.29) is 18.2 Å². The van der Waals surface area contributed by atoms with Gasteiger partial charge in [0.1, 0.15) is 18.1 Å². The predicted molar refractivity (Wildman–Crippen MR) is 127 cm³/mol. The van der Waals surface area contributed by atoms with Crippen LogP contribution in [0.2, 0.25) is 0 Å². The number of fused-ring (bicyclic) bond motifs is 1. The van der Waals surface area contributed by atoms with Gasteiger partial charge in [-0.05, 0) is 37.3 Å². The standard InChI is InChI=1S/C24H33N5O5/c1-13(2)20(25)23(32)29-10-6-9-19(29)22(31)28-18(21(30)27-14(3)24(33)34)11-15-12-26-17-8-5-4-7-16(15)17/h4-5,7-8,12-14,18-20,26H,6,9-11,25H2,1-3H3,(H,27,30)(H,28,31)(H,33,34). The van der Waals surface area contributed by atoms with Gasteiger partial charge in [0, 0.05) is 30.1 Å². The molecule has 3 rings (SSSR count). The number of aromatic amines is 1. The van der Waals surface area contributed by atoms with Crippen molar-refractivity contribution in [1.82, 2.24) is 20.5 Å². The molecule has 1 aromatic heterocycles. The summed E-state index contributed by atoms with van der Waals surface area (Å²) in [5, 5.41) is 15.3. The van der Waals surface area contributed by atoms with Gasteiger partial charge in [0.05, 0.1) is 6.04 Å². The summed E-state index contributed by atoms with van der Waals surface area (Å²) in [6.45, 7) is 5.47. The molecule has 34 heavy (non-hydrogen) atoms. The number of carbonyl (C=O) groups is 4. The third-order valence-electron chi connectivity index (χ3n) is 6.30. The number of aliphatic carboxylic acids is 1. The highest BCUT2D eigenvalue weighted by molar-refractivity contribution is 5.95. The lowest BCUT2D eigenvalue weighted by Gasteiger charge is -2.29. The molecule has 0 radical (unpaired) electrons. The number of hydrogen-bond donors (Lipinski definition) is 5. The van der Waals surface area contributed by atoms with E-state index in [9.17, 15) is 24.3 Å². The van der Waals surface area contributed by atoms with Crippen LogP contribution in [-0.4, -0.2) is 69.4 Å². The average Bonchev–Trinajstić information content (AvgIpc) is 3.45. The minimum absolute atomic E-state index is 0.0743. The first-order valence-electron chi connectivity index (χ1n) is 11.5. The lowest BCUT2D eigenvalue weighted by molar-refractivity contribution is -0.142. The molecule has 3 amide bonds. The Labute approximate surface area is 198 Å². The maximum absolute atomic E-state index is 13.2. The number of amides is 3. The van der Waals surface area contributed by atoms with Gasteiger partial charge in [-0.25, -0.2) is 0 Å². The van der Waals surface area contributed by atoms with Gasteiger partial charge < -0.3 is 31.4 Å². The van der Waals surface area contributed by atoms with Gasteiger partial charge in [-0.1, -0.05) is 32.0 Å². The minimum atomic E-state index is -1.18. The van der Waals surface area contributed by atoms with Crippen molar-refractivity contribution in [2.24, 2.45) is 11.7 Å². The molecule has 1 aliphatic rings. The van der Waals surface area contributed by atoms with Crippen molar-refractivity contribution in [1.29, 1.82) is 0 Å². The smallest absolute Gasteiger partial charge is 0.325 e. The molecule has 1 aromatic carbocycles. The summed E-state index contributed by atoms with van der Waals surface area (Å²) in [7, 11) is 0. The van der Waals surface area contributed by atoms with E-state index < -0.39 is 42.0 Å². The summed E-state index contributed by atoms with van der Waals surface area (Å²) in [6.07, 6.45) is 3.05. The first kappa shape index (κ1) is 25.2. The van der Waals surface area contributed by atoms with E-state index in [1.165, 1.54) is 11.8 Å². The second-order valence-corrected chi connectivity index (χ2v) is 9.15. The molecule has 0 saturated carbocycles. The Balaban J connectivity index is 1.81. The zero-order chi connectivity index (χ0) is 25.0. The second-order valence-electron chi connectivity index (χ2n) is 9.15. The number of carboxylic acids is 1. The van der Waals surface area contributed by atoms with E-state index in [2.05, 4.69) is 15.6 Å². The molecule has 1 aliphatic heterocycles. The quantitative estimate of drug-likeness (QED) is 0.363. The molecule has 2 aromatic rings. The Morgan fingerprint density at radius 2 is 1.88 bits per heavy atom. The van der Waals surface area contributed by atoms with Crippen molar-refractivity contribution in [2.45, 2.75) is 64.2 Å². The van der Waals surface area contributed by atoms with Crippen LogP contribution in [0.4, 0.5) is 0 Å². The molecule has 184 valence electrons. The third kappa shape index (κ3) is 5.56. The number of carbonyl (C=O) groups excluding carboxylic acids is 3. The number of nitrogens with two attached hydrogens (primary N) is 1. The molecule has 0 aliphatic carbocycles. The van der Waals surface area contributed by atoms with Crippen LogP contribution in [0, 0.1) is 5.92 Å². The summed E-state index contributed by atoms with van der Waals surface area (Å²) in [4.78, 5) is 54.9. The van der Waals surface area contributed by atoms with Gasteiger partial charge in [0.2, 0.25) is 17.7 Å². The Kier molecular flexibility index (Phi) is 7.93. The van der Waals surface area contributed by atoms with Crippen molar-refractivity contribution in [2.75, 3.05) is 6.54 Å². The van der Waals surface area contributed by atoms with Gasteiger partial charge in [-0.3, -0.25) is 19.2 Å². The second kappa shape index (κ2) is 10.7. The summed E-state index contributed by atoms with van der Waals surface area (Å²) < 4.78 is 0. The third-order valence-corrected chi connectivity index (χ3v) is 6.30. The van der Waals surface area contributed by atoms with E-state index in [0.717, 1.165) is 16.5 Å². The summed E-state index contributed by atoms with van der Waals surface area (Å²) in [5.41, 5.74) is 7.72. The highest BCUT2D eigenvalue weighted by Gasteiger charge is 2.38. The van der Waals surface area contributed by atoms with Crippen molar-refractivity contribution in [3.63, 3.8) is 0 Å². The molecule has 4 atom stereocenters. The van der Waals surface area contributed by atoms with E-state index in [4.69, 9.17) is 5.73 Å². The molecule has 1 fully saturated rings. The van der Waals surface area contributed by atoms with Crippen LogP contribution in [0.25, 0.3) is 10.9 Å². The number of hydrogen-bond acceptors (Lipinski definition) is 5. The van der Waals surface area contributed by atoms with Crippen LogP contribution in [0.5, 0.6) is 0 Å². The Morgan fingerprint density at radius 1 is 1.18 bits per heavy atom. The largest absolute Gasteiger partial charge is 0.480 e. The fourth-order valence-corrected chi connectivity index (χ4v) is 4.15. The fraction of sp³-hybridized carbons (Fsp3) is 0.500. The molecular formula is C24H33N5O5. The number of likely N-dealkylation sites (tertiary alicyclic amines) is 1. The van der Waals surface area contributed by atoms with Crippen LogP contribution in [0.15, 0.2) is 30.5 Å². The molecule has 0 bridgehead atoms. The van der Waals surface area contributed by atoms with Gasteiger partial charge in [-0.15, -0.1) is 0 Å². The molecule has 2 heterocycles. The molecule has 10 nitrogen and oxygen atoms in total. The minimum Gasteiger partial charge on any atom is -0.480 e. The number of aromatic nitrogens is 1. The SMILES string of the molecule is CC(NC(=O)C(Cc1c[nH]c2ccccc12)NC(=O)C1CCCN1C(=O)C(N)C(C)C)C(=O)O. The van der Waals surface area contributed by atoms with E-state index >= 15 is 0 Å². The van der Waals surface area contributed by atoms with Gasteiger partial charge in [0.25, 0.3) is 0 Å². The van der Waals surface area contributed by atoms with Crippen molar-refractivity contribution in [3.8, 4) is 0 Å². The van der Waals surface area contributed by atoms with E-state index in [1.54, 1.807) is 6.20 Å². The Bertz CT molecular complexity index is 1060. The van der Waals surface area contributed by atoms with Crippen LogP contribution in [0.3, 0.4) is 0 Å². The fourth-order valence-electron chi connectivity index (χ4n) is 4.15.